The van der Waals surface area contributed by atoms with Gasteiger partial charge in [-0.25, -0.2) is 0 Å². The third kappa shape index (κ3) is 1.92. The van der Waals surface area contributed by atoms with E-state index < -0.39 is 0 Å². The first-order valence-corrected chi connectivity index (χ1v) is 4.06. The van der Waals surface area contributed by atoms with Crippen LogP contribution in [-0.2, 0) is 0 Å². The molecule has 1 aliphatic carbocycles. The smallest absolute Gasteiger partial charge is 0.0845 e. The highest BCUT2D eigenvalue weighted by atomic mass is 16.3. The van der Waals surface area contributed by atoms with Crippen LogP contribution in [0.5, 0.6) is 0 Å². The van der Waals surface area contributed by atoms with Gasteiger partial charge in [0, 0.05) is 5.54 Å². The zero-order chi connectivity index (χ0) is 8.16. The molecule has 0 aromatic heterocycles. The predicted octanol–water partition coefficient (Wildman–Crippen LogP) is 0.405. The van der Waals surface area contributed by atoms with Crippen molar-refractivity contribution in [3.63, 3.8) is 0 Å². The molecule has 0 saturated heterocycles. The molecule has 1 aliphatic rings. The molecule has 0 unspecified atom stereocenters. The molecule has 3 nitrogen and oxygen atoms in total. The molecule has 11 heavy (non-hydrogen) atoms. The molecule has 1 rings (SSSR count). The van der Waals surface area contributed by atoms with Crippen molar-refractivity contribution in [2.24, 2.45) is 0 Å². The van der Waals surface area contributed by atoms with Gasteiger partial charge < -0.3 is 5.11 Å². The Balaban J connectivity index is 2.40. The molecule has 0 atom stereocenters. The van der Waals surface area contributed by atoms with Crippen LogP contribution in [0, 0.1) is 11.3 Å². The summed E-state index contributed by atoms with van der Waals surface area (Å²) in [6, 6.07) is 2.03. The van der Waals surface area contributed by atoms with Crippen molar-refractivity contribution >= 4 is 0 Å². The molecule has 1 saturated carbocycles. The topological polar surface area (TPSA) is 56.0 Å². The second-order valence-corrected chi connectivity index (χ2v) is 3.16. The molecule has 0 aliphatic heterocycles. The Bertz CT molecular complexity index is 156. The van der Waals surface area contributed by atoms with Crippen LogP contribution in [0.1, 0.15) is 25.7 Å². The van der Waals surface area contributed by atoms with E-state index in [4.69, 9.17) is 10.4 Å². The number of aliphatic hydroxyl groups is 1. The van der Waals surface area contributed by atoms with Gasteiger partial charge in [0.2, 0.25) is 0 Å². The molecule has 0 amide bonds. The van der Waals surface area contributed by atoms with E-state index in [1.807, 2.05) is 6.07 Å². The fourth-order valence-corrected chi connectivity index (χ4v) is 1.67. The van der Waals surface area contributed by atoms with Gasteiger partial charge in [-0.1, -0.05) is 12.8 Å². The highest BCUT2D eigenvalue weighted by molar-refractivity contribution is 4.94. The number of nitriles is 1. The van der Waals surface area contributed by atoms with E-state index in [1.54, 1.807) is 0 Å². The van der Waals surface area contributed by atoms with Gasteiger partial charge in [-0.05, 0) is 12.8 Å². The lowest BCUT2D eigenvalue weighted by atomic mass is 9.99. The Morgan fingerprint density at radius 2 is 2.09 bits per heavy atom. The van der Waals surface area contributed by atoms with Gasteiger partial charge in [-0.2, -0.15) is 5.26 Å². The van der Waals surface area contributed by atoms with Gasteiger partial charge in [-0.15, -0.1) is 0 Å². The molecule has 0 aromatic carbocycles. The Hall–Kier alpha value is -0.590. The first-order valence-electron chi connectivity index (χ1n) is 4.06. The minimum Gasteiger partial charge on any atom is -0.394 e. The van der Waals surface area contributed by atoms with Gasteiger partial charge in [0.05, 0.1) is 19.2 Å². The number of hydrogen-bond donors (Lipinski definition) is 2. The van der Waals surface area contributed by atoms with Crippen LogP contribution in [0.4, 0.5) is 0 Å². The summed E-state index contributed by atoms with van der Waals surface area (Å²) in [7, 11) is 0. The number of aliphatic hydroxyl groups excluding tert-OH is 1. The van der Waals surface area contributed by atoms with Crippen molar-refractivity contribution in [1.29, 1.82) is 5.26 Å². The van der Waals surface area contributed by atoms with Gasteiger partial charge in [0.25, 0.3) is 0 Å². The lowest BCUT2D eigenvalue weighted by Gasteiger charge is -2.26. The summed E-state index contributed by atoms with van der Waals surface area (Å²) < 4.78 is 0. The van der Waals surface area contributed by atoms with Crippen molar-refractivity contribution in [3.8, 4) is 6.07 Å². The molecule has 0 heterocycles. The molecule has 0 bridgehead atoms. The van der Waals surface area contributed by atoms with E-state index in [0.29, 0.717) is 6.54 Å². The van der Waals surface area contributed by atoms with Crippen molar-refractivity contribution < 1.29 is 5.11 Å². The van der Waals surface area contributed by atoms with Gasteiger partial charge in [0.1, 0.15) is 0 Å². The van der Waals surface area contributed by atoms with Crippen molar-refractivity contribution in [1.82, 2.24) is 5.32 Å². The minimum atomic E-state index is -0.129. The van der Waals surface area contributed by atoms with Crippen LogP contribution < -0.4 is 5.32 Å². The Kier molecular flexibility index (Phi) is 2.86. The zero-order valence-electron chi connectivity index (χ0n) is 6.64. The summed E-state index contributed by atoms with van der Waals surface area (Å²) in [5, 5.41) is 20.5. The monoisotopic (exact) mass is 154 g/mol. The fraction of sp³-hybridized carbons (Fsp3) is 0.875. The first kappa shape index (κ1) is 8.51. The van der Waals surface area contributed by atoms with Crippen molar-refractivity contribution in [2.45, 2.75) is 31.2 Å². The van der Waals surface area contributed by atoms with Gasteiger partial charge in [0.15, 0.2) is 0 Å². The predicted molar refractivity (Wildman–Crippen MR) is 41.9 cm³/mol. The molecular formula is C8H14N2O. The second kappa shape index (κ2) is 3.70. The summed E-state index contributed by atoms with van der Waals surface area (Å²) in [5.74, 6) is 0. The molecule has 62 valence electrons. The largest absolute Gasteiger partial charge is 0.394 e. The third-order valence-corrected chi connectivity index (χ3v) is 2.41. The maximum absolute atomic E-state index is 9.07. The molecule has 2 N–H and O–H groups in total. The van der Waals surface area contributed by atoms with Crippen LogP contribution in [0.15, 0.2) is 0 Å². The summed E-state index contributed by atoms with van der Waals surface area (Å²) in [5.41, 5.74) is -0.129. The zero-order valence-corrected chi connectivity index (χ0v) is 6.64. The maximum atomic E-state index is 9.07. The highest BCUT2D eigenvalue weighted by Gasteiger charge is 2.31. The number of nitrogens with zero attached hydrogens (tertiary/aromatic N) is 1. The van der Waals surface area contributed by atoms with E-state index in [1.165, 1.54) is 12.8 Å². The third-order valence-electron chi connectivity index (χ3n) is 2.41. The van der Waals surface area contributed by atoms with Gasteiger partial charge in [-0.3, -0.25) is 5.32 Å². The van der Waals surface area contributed by atoms with E-state index in [9.17, 15) is 0 Å². The SMILES string of the molecule is N#CCNC1(CO)CCCC1. The van der Waals surface area contributed by atoms with Crippen LogP contribution in [-0.4, -0.2) is 23.8 Å². The lowest BCUT2D eigenvalue weighted by Crippen LogP contribution is -2.46. The summed E-state index contributed by atoms with van der Waals surface area (Å²) in [4.78, 5) is 0. The van der Waals surface area contributed by atoms with Crippen molar-refractivity contribution in [3.05, 3.63) is 0 Å². The highest BCUT2D eigenvalue weighted by Crippen LogP contribution is 2.28. The Morgan fingerprint density at radius 1 is 1.45 bits per heavy atom. The molecular weight excluding hydrogens is 140 g/mol. The number of nitrogens with one attached hydrogen (secondary N) is 1. The molecule has 3 heteroatoms. The maximum Gasteiger partial charge on any atom is 0.0845 e. The standard InChI is InChI=1S/C8H14N2O/c9-5-6-10-8(7-11)3-1-2-4-8/h10-11H,1-4,6-7H2. The van der Waals surface area contributed by atoms with E-state index in [-0.39, 0.29) is 12.1 Å². The summed E-state index contributed by atoms with van der Waals surface area (Å²) in [6.45, 7) is 0.509. The normalized spacial score (nSPS) is 21.5. The lowest BCUT2D eigenvalue weighted by molar-refractivity contribution is 0.169. The van der Waals surface area contributed by atoms with E-state index in [0.717, 1.165) is 12.8 Å². The van der Waals surface area contributed by atoms with Crippen molar-refractivity contribution in [2.75, 3.05) is 13.2 Å². The average molecular weight is 154 g/mol. The quantitative estimate of drug-likeness (QED) is 0.579. The minimum absolute atomic E-state index is 0.129. The van der Waals surface area contributed by atoms with E-state index in [2.05, 4.69) is 5.32 Å². The van der Waals surface area contributed by atoms with E-state index >= 15 is 0 Å². The van der Waals surface area contributed by atoms with Crippen LogP contribution in [0.2, 0.25) is 0 Å². The first-order chi connectivity index (χ1) is 5.33. The number of hydrogen-bond acceptors (Lipinski definition) is 3. The van der Waals surface area contributed by atoms with Crippen LogP contribution in [0.25, 0.3) is 0 Å². The number of rotatable bonds is 3. The van der Waals surface area contributed by atoms with Gasteiger partial charge >= 0.3 is 0 Å². The van der Waals surface area contributed by atoms with Crippen LogP contribution >= 0.6 is 0 Å². The average Bonchev–Trinajstić information content (AvgIpc) is 2.50. The molecule has 0 aromatic rings. The summed E-state index contributed by atoms with van der Waals surface area (Å²) >= 11 is 0. The second-order valence-electron chi connectivity index (χ2n) is 3.16. The van der Waals surface area contributed by atoms with Crippen LogP contribution in [0.3, 0.4) is 0 Å². The molecule has 0 radical (unpaired) electrons. The Morgan fingerprint density at radius 3 is 2.55 bits per heavy atom. The summed E-state index contributed by atoms with van der Waals surface area (Å²) in [6.07, 6.45) is 4.34. The molecule has 1 fully saturated rings. The Labute approximate surface area is 67.0 Å². The fourth-order valence-electron chi connectivity index (χ4n) is 1.67. The molecule has 0 spiro atoms.